The van der Waals surface area contributed by atoms with Gasteiger partial charge >= 0.3 is 17.1 Å². The molecule has 5 rings (SSSR count). The summed E-state index contributed by atoms with van der Waals surface area (Å²) in [4.78, 5) is 37.7. The van der Waals surface area contributed by atoms with Gasteiger partial charge in [-0.1, -0.05) is 42.5 Å². The van der Waals surface area contributed by atoms with E-state index in [1.165, 1.54) is 36.1 Å². The number of likely N-dealkylation sites (tertiary alicyclic amines) is 1. The van der Waals surface area contributed by atoms with E-state index in [4.69, 9.17) is 15.2 Å². The molecule has 0 unspecified atom stereocenters. The molecule has 0 aliphatic carbocycles. The Morgan fingerprint density at radius 1 is 1.00 bits per heavy atom. The number of rotatable bonds is 9. The van der Waals surface area contributed by atoms with Crippen LogP contribution >= 0.6 is 0 Å². The molecule has 4 N–H and O–H groups in total. The van der Waals surface area contributed by atoms with Crippen LogP contribution < -0.4 is 26.5 Å². The van der Waals surface area contributed by atoms with Gasteiger partial charge in [0.2, 0.25) is 0 Å². The summed E-state index contributed by atoms with van der Waals surface area (Å²) in [6, 6.07) is 16.6. The van der Waals surface area contributed by atoms with E-state index in [0.717, 1.165) is 23.2 Å². The molecule has 1 fully saturated rings. The minimum Gasteiger partial charge on any atom is -0.461 e. The molecule has 1 aliphatic heterocycles. The summed E-state index contributed by atoms with van der Waals surface area (Å²) in [5.74, 6) is 0.0225. The number of nitrogen functional groups attached to an aromatic ring is 1. The van der Waals surface area contributed by atoms with Gasteiger partial charge in [-0.25, -0.2) is 0 Å². The summed E-state index contributed by atoms with van der Waals surface area (Å²) in [6.07, 6.45) is 2.62. The van der Waals surface area contributed by atoms with Crippen LogP contribution in [-0.4, -0.2) is 52.9 Å². The minimum absolute atomic E-state index is 0.00764. The SMILES string of the molecule is COCCOc1nc(N)c2[nH]c(=O)c(=O)n(Cc3ccc(-c4cccc(C[NH+]5CCCC5)c4)cc3)c2n1. The monoisotopic (exact) mass is 503 g/mol. The van der Waals surface area contributed by atoms with Crippen LogP contribution in [0.25, 0.3) is 22.3 Å². The van der Waals surface area contributed by atoms with Crippen LogP contribution in [-0.2, 0) is 17.8 Å². The molecule has 2 aromatic heterocycles. The third kappa shape index (κ3) is 5.55. The highest BCUT2D eigenvalue weighted by Crippen LogP contribution is 2.22. The largest absolute Gasteiger partial charge is 0.461 e. The van der Waals surface area contributed by atoms with Gasteiger partial charge in [-0.15, -0.1) is 0 Å². The van der Waals surface area contributed by atoms with E-state index >= 15 is 0 Å². The van der Waals surface area contributed by atoms with Crippen LogP contribution in [0, 0.1) is 0 Å². The highest BCUT2D eigenvalue weighted by atomic mass is 16.5. The lowest BCUT2D eigenvalue weighted by Gasteiger charge is -2.13. The summed E-state index contributed by atoms with van der Waals surface area (Å²) in [5.41, 5.74) is 9.33. The van der Waals surface area contributed by atoms with Crippen molar-refractivity contribution in [2.24, 2.45) is 0 Å². The number of ether oxygens (including phenoxy) is 2. The molecular weight excluding hydrogens is 472 g/mol. The van der Waals surface area contributed by atoms with Gasteiger partial charge in [-0.05, 0) is 22.8 Å². The van der Waals surface area contributed by atoms with E-state index in [1.807, 2.05) is 24.3 Å². The highest BCUT2D eigenvalue weighted by Gasteiger charge is 2.17. The van der Waals surface area contributed by atoms with Crippen molar-refractivity contribution >= 4 is 17.0 Å². The Bertz CT molecular complexity index is 1510. The summed E-state index contributed by atoms with van der Waals surface area (Å²) in [6.45, 7) is 4.24. The molecule has 0 spiro atoms. The van der Waals surface area contributed by atoms with Crippen LogP contribution in [0.3, 0.4) is 0 Å². The number of H-pyrrole nitrogens is 1. The van der Waals surface area contributed by atoms with Crippen molar-refractivity contribution < 1.29 is 14.4 Å². The molecule has 0 atom stereocenters. The molecule has 192 valence electrons. The number of aromatic nitrogens is 4. The minimum atomic E-state index is -0.788. The predicted molar refractivity (Wildman–Crippen MR) is 141 cm³/mol. The summed E-state index contributed by atoms with van der Waals surface area (Å²) in [7, 11) is 1.55. The molecule has 1 saturated heterocycles. The van der Waals surface area contributed by atoms with Crippen LogP contribution in [0.4, 0.5) is 5.82 Å². The molecule has 4 aromatic rings. The number of hydrogen-bond acceptors (Lipinski definition) is 7. The lowest BCUT2D eigenvalue weighted by Crippen LogP contribution is -3.08. The van der Waals surface area contributed by atoms with E-state index in [0.29, 0.717) is 6.61 Å². The first-order valence-electron chi connectivity index (χ1n) is 12.5. The number of anilines is 1. The number of aromatic amines is 1. The number of fused-ring (bicyclic) bond motifs is 1. The van der Waals surface area contributed by atoms with Crippen LogP contribution in [0.15, 0.2) is 58.1 Å². The molecule has 10 heteroatoms. The number of methoxy groups -OCH3 is 1. The molecule has 3 heterocycles. The summed E-state index contributed by atoms with van der Waals surface area (Å²) in [5, 5.41) is 0. The molecule has 2 aromatic carbocycles. The Hall–Kier alpha value is -4.02. The maximum Gasteiger partial charge on any atom is 0.320 e. The Balaban J connectivity index is 1.41. The fourth-order valence-electron chi connectivity index (χ4n) is 4.76. The number of nitrogens with two attached hydrogens (primary N) is 1. The average Bonchev–Trinajstić information content (AvgIpc) is 3.41. The highest BCUT2D eigenvalue weighted by molar-refractivity contribution is 5.81. The van der Waals surface area contributed by atoms with Crippen molar-refractivity contribution in [1.82, 2.24) is 19.5 Å². The van der Waals surface area contributed by atoms with Crippen molar-refractivity contribution in [3.63, 3.8) is 0 Å². The van der Waals surface area contributed by atoms with Crippen molar-refractivity contribution in [3.05, 3.63) is 80.4 Å². The lowest BCUT2D eigenvalue weighted by atomic mass is 10.0. The topological polar surface area (TPSA) is 130 Å². The molecule has 37 heavy (non-hydrogen) atoms. The molecule has 1 aliphatic rings. The lowest BCUT2D eigenvalue weighted by molar-refractivity contribution is -0.901. The maximum absolute atomic E-state index is 12.8. The van der Waals surface area contributed by atoms with Gasteiger partial charge in [0.25, 0.3) is 0 Å². The van der Waals surface area contributed by atoms with Gasteiger partial charge in [0, 0.05) is 25.5 Å². The first-order chi connectivity index (χ1) is 18.0. The van der Waals surface area contributed by atoms with Gasteiger partial charge in [0.15, 0.2) is 11.5 Å². The summed E-state index contributed by atoms with van der Waals surface area (Å²) >= 11 is 0. The Kier molecular flexibility index (Phi) is 7.29. The standard InChI is InChI=1S/C27H30N6O4/c1-36-13-14-37-27-30-23(28)22-24(31-27)33(26(35)25(34)29-22)17-18-7-9-20(10-8-18)21-6-4-5-19(15-21)16-32-11-2-3-12-32/h4-10,15H,2-3,11-14,16-17H2,1H3,(H,29,34)(H2,28,30,31)/p+1. The van der Waals surface area contributed by atoms with Gasteiger partial charge < -0.3 is 25.1 Å². The van der Waals surface area contributed by atoms with E-state index in [2.05, 4.69) is 39.2 Å². The van der Waals surface area contributed by atoms with Crippen molar-refractivity contribution in [1.29, 1.82) is 0 Å². The van der Waals surface area contributed by atoms with Gasteiger partial charge in [0.05, 0.1) is 26.2 Å². The fourth-order valence-corrected chi connectivity index (χ4v) is 4.76. The zero-order valence-corrected chi connectivity index (χ0v) is 20.8. The second-order valence-electron chi connectivity index (χ2n) is 9.31. The van der Waals surface area contributed by atoms with E-state index in [1.54, 1.807) is 12.0 Å². The third-order valence-electron chi connectivity index (χ3n) is 6.67. The van der Waals surface area contributed by atoms with Gasteiger partial charge in [-0.2, -0.15) is 9.97 Å². The zero-order chi connectivity index (χ0) is 25.8. The number of benzene rings is 2. The quantitative estimate of drug-likeness (QED) is 0.229. The van der Waals surface area contributed by atoms with Crippen molar-refractivity contribution in [2.75, 3.05) is 39.1 Å². The third-order valence-corrected chi connectivity index (χ3v) is 6.67. The van der Waals surface area contributed by atoms with Crippen LogP contribution in [0.2, 0.25) is 0 Å². The normalized spacial score (nSPS) is 13.9. The van der Waals surface area contributed by atoms with Gasteiger partial charge in [0.1, 0.15) is 18.7 Å². The molecular formula is C27H31N6O4+. The predicted octanol–water partition coefficient (Wildman–Crippen LogP) is 0.981. The number of nitrogens with zero attached hydrogens (tertiary/aromatic N) is 3. The fraction of sp³-hybridized carbons (Fsp3) is 0.333. The Morgan fingerprint density at radius 3 is 2.54 bits per heavy atom. The van der Waals surface area contributed by atoms with Crippen molar-refractivity contribution in [3.8, 4) is 17.1 Å². The first kappa shape index (κ1) is 24.7. The van der Waals surface area contributed by atoms with Crippen LogP contribution in [0.5, 0.6) is 6.01 Å². The number of nitrogens with one attached hydrogen (secondary N) is 2. The van der Waals surface area contributed by atoms with E-state index < -0.39 is 11.1 Å². The number of quaternary nitrogens is 1. The van der Waals surface area contributed by atoms with E-state index in [-0.39, 0.29) is 36.1 Å². The second kappa shape index (κ2) is 10.9. The molecule has 10 nitrogen and oxygen atoms in total. The Morgan fingerprint density at radius 2 is 1.78 bits per heavy atom. The Labute approximate surface area is 213 Å². The molecule has 0 amide bonds. The van der Waals surface area contributed by atoms with E-state index in [9.17, 15) is 9.59 Å². The van der Waals surface area contributed by atoms with Gasteiger partial charge in [-0.3, -0.25) is 14.2 Å². The molecule has 0 bridgehead atoms. The smallest absolute Gasteiger partial charge is 0.320 e. The van der Waals surface area contributed by atoms with Crippen LogP contribution in [0.1, 0.15) is 24.0 Å². The molecule has 0 radical (unpaired) electrons. The summed E-state index contributed by atoms with van der Waals surface area (Å²) < 4.78 is 11.8. The van der Waals surface area contributed by atoms with Crippen molar-refractivity contribution in [2.45, 2.75) is 25.9 Å². The number of hydrogen-bond donors (Lipinski definition) is 3. The molecule has 0 saturated carbocycles. The average molecular weight is 504 g/mol. The first-order valence-corrected chi connectivity index (χ1v) is 12.5. The second-order valence-corrected chi connectivity index (χ2v) is 9.31. The maximum atomic E-state index is 12.8. The zero-order valence-electron chi connectivity index (χ0n) is 20.8.